The van der Waals surface area contributed by atoms with Crippen LogP contribution in [0.4, 0.5) is 0 Å². The van der Waals surface area contributed by atoms with Crippen LogP contribution >= 0.6 is 0 Å². The van der Waals surface area contributed by atoms with Gasteiger partial charge in [0, 0.05) is 5.69 Å². The molecule has 0 aliphatic carbocycles. The Kier molecular flexibility index (Phi) is 3.40. The Morgan fingerprint density at radius 3 is 3.00 bits per heavy atom. The Bertz CT molecular complexity index is 299. The molecule has 0 aliphatic heterocycles. The van der Waals surface area contributed by atoms with Crippen LogP contribution in [0.5, 0.6) is 0 Å². The molecule has 0 atom stereocenters. The van der Waals surface area contributed by atoms with E-state index in [-0.39, 0.29) is 5.91 Å². The molecule has 1 rings (SSSR count). The highest BCUT2D eigenvalue weighted by Crippen LogP contribution is 1.97. The molecule has 0 unspecified atom stereocenters. The number of nitrogens with zero attached hydrogens (tertiary/aromatic N) is 1. The number of nitrogens with one attached hydrogen (secondary N) is 1. The minimum Gasteiger partial charge on any atom is -0.274 e. The third-order valence-electron chi connectivity index (χ3n) is 1.43. The number of hydroxylamine groups is 1. The van der Waals surface area contributed by atoms with E-state index in [2.05, 4.69) is 10.5 Å². The maximum Gasteiger partial charge on any atom is 0.293 e. The molecule has 4 nitrogen and oxygen atoms in total. The molecule has 1 amide bonds. The Morgan fingerprint density at radius 2 is 2.38 bits per heavy atom. The van der Waals surface area contributed by atoms with Gasteiger partial charge < -0.3 is 0 Å². The van der Waals surface area contributed by atoms with E-state index in [1.54, 1.807) is 19.1 Å². The Labute approximate surface area is 76.9 Å². The van der Waals surface area contributed by atoms with Gasteiger partial charge in [-0.3, -0.25) is 9.63 Å². The average molecular weight is 180 g/mol. The quantitative estimate of drug-likeness (QED) is 0.708. The van der Waals surface area contributed by atoms with E-state index in [1.807, 2.05) is 13.0 Å². The Morgan fingerprint density at radius 1 is 1.62 bits per heavy atom. The SMILES string of the molecule is CCONC(=O)c1cccc(C)n1. The maximum absolute atomic E-state index is 11.3. The smallest absolute Gasteiger partial charge is 0.274 e. The molecule has 1 aromatic rings. The summed E-state index contributed by atoms with van der Waals surface area (Å²) in [5.74, 6) is -0.314. The lowest BCUT2D eigenvalue weighted by atomic mass is 10.3. The van der Waals surface area contributed by atoms with Gasteiger partial charge in [-0.25, -0.2) is 10.5 Å². The van der Waals surface area contributed by atoms with Crippen LogP contribution in [0.2, 0.25) is 0 Å². The van der Waals surface area contributed by atoms with Gasteiger partial charge in [0.1, 0.15) is 5.69 Å². The summed E-state index contributed by atoms with van der Waals surface area (Å²) < 4.78 is 0. The zero-order valence-electron chi connectivity index (χ0n) is 7.70. The van der Waals surface area contributed by atoms with Gasteiger partial charge in [0.2, 0.25) is 0 Å². The summed E-state index contributed by atoms with van der Waals surface area (Å²) in [5, 5.41) is 0. The summed E-state index contributed by atoms with van der Waals surface area (Å²) in [5.41, 5.74) is 3.45. The molecule has 0 radical (unpaired) electrons. The lowest BCUT2D eigenvalue weighted by Crippen LogP contribution is -2.24. The van der Waals surface area contributed by atoms with E-state index in [1.165, 1.54) is 0 Å². The average Bonchev–Trinajstić information content (AvgIpc) is 2.14. The summed E-state index contributed by atoms with van der Waals surface area (Å²) in [4.78, 5) is 20.0. The number of pyridine rings is 1. The predicted molar refractivity (Wildman–Crippen MR) is 48.1 cm³/mol. The fourth-order valence-corrected chi connectivity index (χ4v) is 0.860. The summed E-state index contributed by atoms with van der Waals surface area (Å²) >= 11 is 0. The number of hydrogen-bond acceptors (Lipinski definition) is 3. The van der Waals surface area contributed by atoms with Crippen molar-refractivity contribution in [1.82, 2.24) is 10.5 Å². The first-order valence-electron chi connectivity index (χ1n) is 4.10. The molecule has 13 heavy (non-hydrogen) atoms. The van der Waals surface area contributed by atoms with Crippen molar-refractivity contribution in [2.24, 2.45) is 0 Å². The van der Waals surface area contributed by atoms with Crippen LogP contribution in [0, 0.1) is 6.92 Å². The fourth-order valence-electron chi connectivity index (χ4n) is 0.860. The van der Waals surface area contributed by atoms with Gasteiger partial charge in [-0.15, -0.1) is 0 Å². The highest BCUT2D eigenvalue weighted by Gasteiger charge is 2.05. The van der Waals surface area contributed by atoms with Crippen molar-refractivity contribution in [3.05, 3.63) is 29.6 Å². The third kappa shape index (κ3) is 2.83. The minimum absolute atomic E-state index is 0.314. The lowest BCUT2D eigenvalue weighted by molar-refractivity contribution is 0.0360. The number of amides is 1. The summed E-state index contributed by atoms with van der Waals surface area (Å²) in [6.45, 7) is 4.07. The number of aromatic nitrogens is 1. The van der Waals surface area contributed by atoms with Gasteiger partial charge >= 0.3 is 0 Å². The van der Waals surface area contributed by atoms with Crippen molar-refractivity contribution >= 4 is 5.91 Å². The number of hydrogen-bond donors (Lipinski definition) is 1. The second-order valence-electron chi connectivity index (χ2n) is 2.53. The van der Waals surface area contributed by atoms with E-state index in [9.17, 15) is 4.79 Å². The van der Waals surface area contributed by atoms with Crippen LogP contribution in [-0.2, 0) is 4.84 Å². The van der Waals surface area contributed by atoms with Crippen LogP contribution in [0.25, 0.3) is 0 Å². The molecule has 1 aromatic heterocycles. The van der Waals surface area contributed by atoms with Gasteiger partial charge in [-0.05, 0) is 26.0 Å². The lowest BCUT2D eigenvalue weighted by Gasteiger charge is -2.02. The third-order valence-corrected chi connectivity index (χ3v) is 1.43. The zero-order valence-corrected chi connectivity index (χ0v) is 7.70. The molecule has 0 spiro atoms. The molecular weight excluding hydrogens is 168 g/mol. The first kappa shape index (κ1) is 9.67. The molecular formula is C9H12N2O2. The van der Waals surface area contributed by atoms with Crippen molar-refractivity contribution < 1.29 is 9.63 Å². The van der Waals surface area contributed by atoms with Crippen LogP contribution in [0.1, 0.15) is 23.1 Å². The molecule has 0 bridgehead atoms. The van der Waals surface area contributed by atoms with Crippen LogP contribution in [-0.4, -0.2) is 17.5 Å². The first-order chi connectivity index (χ1) is 6.24. The summed E-state index contributed by atoms with van der Waals surface area (Å²) in [6, 6.07) is 5.25. The van der Waals surface area contributed by atoms with E-state index in [4.69, 9.17) is 4.84 Å². The summed E-state index contributed by atoms with van der Waals surface area (Å²) in [6.07, 6.45) is 0. The molecule has 70 valence electrons. The van der Waals surface area contributed by atoms with Crippen molar-refractivity contribution in [3.8, 4) is 0 Å². The topological polar surface area (TPSA) is 51.2 Å². The van der Waals surface area contributed by atoms with Gasteiger partial charge in [-0.1, -0.05) is 6.07 Å². The number of aryl methyl sites for hydroxylation is 1. The minimum atomic E-state index is -0.314. The molecule has 4 heteroatoms. The van der Waals surface area contributed by atoms with Crippen molar-refractivity contribution in [2.45, 2.75) is 13.8 Å². The van der Waals surface area contributed by atoms with E-state index < -0.39 is 0 Å². The molecule has 0 saturated carbocycles. The predicted octanol–water partition coefficient (Wildman–Crippen LogP) is 1.07. The highest BCUT2D eigenvalue weighted by molar-refractivity contribution is 5.91. The van der Waals surface area contributed by atoms with Gasteiger partial charge in [0.25, 0.3) is 5.91 Å². The van der Waals surface area contributed by atoms with E-state index in [0.717, 1.165) is 5.69 Å². The molecule has 0 aliphatic rings. The molecule has 1 N–H and O–H groups in total. The maximum atomic E-state index is 11.3. The number of carbonyl (C=O) groups is 1. The van der Waals surface area contributed by atoms with Crippen LogP contribution < -0.4 is 5.48 Å². The number of carbonyl (C=O) groups excluding carboxylic acids is 1. The number of rotatable bonds is 3. The van der Waals surface area contributed by atoms with Crippen molar-refractivity contribution in [1.29, 1.82) is 0 Å². The van der Waals surface area contributed by atoms with E-state index >= 15 is 0 Å². The van der Waals surface area contributed by atoms with Crippen LogP contribution in [0.15, 0.2) is 18.2 Å². The van der Waals surface area contributed by atoms with Gasteiger partial charge in [0.05, 0.1) is 6.61 Å². The zero-order chi connectivity index (χ0) is 9.68. The van der Waals surface area contributed by atoms with Gasteiger partial charge in [-0.2, -0.15) is 0 Å². The molecule has 0 saturated heterocycles. The Balaban J connectivity index is 2.66. The van der Waals surface area contributed by atoms with Crippen molar-refractivity contribution in [3.63, 3.8) is 0 Å². The monoisotopic (exact) mass is 180 g/mol. The molecule has 0 aromatic carbocycles. The Hall–Kier alpha value is -1.42. The fraction of sp³-hybridized carbons (Fsp3) is 0.333. The van der Waals surface area contributed by atoms with Gasteiger partial charge in [0.15, 0.2) is 0 Å². The normalized spacial score (nSPS) is 9.69. The summed E-state index contributed by atoms with van der Waals surface area (Å²) in [7, 11) is 0. The highest BCUT2D eigenvalue weighted by atomic mass is 16.6. The second kappa shape index (κ2) is 4.57. The van der Waals surface area contributed by atoms with Crippen LogP contribution in [0.3, 0.4) is 0 Å². The standard InChI is InChI=1S/C9H12N2O2/c1-3-13-11-9(12)8-6-4-5-7(2)10-8/h4-6H,3H2,1-2H3,(H,11,12). The van der Waals surface area contributed by atoms with E-state index in [0.29, 0.717) is 12.3 Å². The largest absolute Gasteiger partial charge is 0.293 e. The molecule has 1 heterocycles. The molecule has 0 fully saturated rings. The second-order valence-corrected chi connectivity index (χ2v) is 2.53. The first-order valence-corrected chi connectivity index (χ1v) is 4.10. The van der Waals surface area contributed by atoms with Crippen molar-refractivity contribution in [2.75, 3.05) is 6.61 Å².